The van der Waals surface area contributed by atoms with Crippen LogP contribution in [-0.4, -0.2) is 57.3 Å². The van der Waals surface area contributed by atoms with Crippen molar-refractivity contribution in [2.24, 2.45) is 0 Å². The number of carbonyl (C=O) groups excluding carboxylic acids is 4. The molecule has 9 heteroatoms. The number of rotatable bonds is 6. The normalized spacial score (nSPS) is 18.5. The van der Waals surface area contributed by atoms with Crippen molar-refractivity contribution in [2.45, 2.75) is 52.1 Å². The lowest BCUT2D eigenvalue weighted by Crippen LogP contribution is -2.57. The number of halogens is 1. The van der Waals surface area contributed by atoms with Crippen LogP contribution < -0.4 is 5.32 Å². The topological polar surface area (TPSA) is 91.7 Å². The van der Waals surface area contributed by atoms with Gasteiger partial charge >= 0.3 is 6.03 Å². The van der Waals surface area contributed by atoms with E-state index in [0.717, 1.165) is 41.1 Å². The van der Waals surface area contributed by atoms with Crippen LogP contribution >= 0.6 is 15.9 Å². The van der Waals surface area contributed by atoms with Crippen LogP contribution in [0.4, 0.5) is 4.79 Å². The number of nitrogens with zero attached hydrogens (tertiary/aromatic N) is 3. The Morgan fingerprint density at radius 3 is 2.55 bits per heavy atom. The maximum atomic E-state index is 13.2. The molecule has 2 aliphatic rings. The Bertz CT molecular complexity index is 1160. The van der Waals surface area contributed by atoms with E-state index in [0.29, 0.717) is 18.7 Å². The van der Waals surface area contributed by atoms with Gasteiger partial charge in [0.05, 0.1) is 0 Å². The molecule has 4 rings (SSSR count). The Morgan fingerprint density at radius 1 is 1.18 bits per heavy atom. The van der Waals surface area contributed by atoms with Crippen molar-refractivity contribution in [1.29, 1.82) is 0 Å². The summed E-state index contributed by atoms with van der Waals surface area (Å²) in [6.45, 7) is 5.27. The molecular weight excluding hydrogens is 488 g/mol. The first-order valence-corrected chi connectivity index (χ1v) is 12.1. The van der Waals surface area contributed by atoms with Gasteiger partial charge in [0.1, 0.15) is 12.1 Å². The first kappa shape index (κ1) is 23.2. The lowest BCUT2D eigenvalue weighted by molar-refractivity contribution is -0.132. The Labute approximate surface area is 200 Å². The second kappa shape index (κ2) is 9.51. The van der Waals surface area contributed by atoms with E-state index in [2.05, 4.69) is 21.2 Å². The number of imide groups is 2. The summed E-state index contributed by atoms with van der Waals surface area (Å²) in [5.41, 5.74) is 1.38. The highest BCUT2D eigenvalue weighted by atomic mass is 79.9. The van der Waals surface area contributed by atoms with Crippen molar-refractivity contribution >= 4 is 56.7 Å². The van der Waals surface area contributed by atoms with Crippen LogP contribution in [0.2, 0.25) is 0 Å². The van der Waals surface area contributed by atoms with Gasteiger partial charge in [-0.25, -0.2) is 4.79 Å². The van der Waals surface area contributed by atoms with E-state index in [-0.39, 0.29) is 24.1 Å². The molecule has 33 heavy (non-hydrogen) atoms. The average molecular weight is 515 g/mol. The summed E-state index contributed by atoms with van der Waals surface area (Å²) in [5, 5.41) is 3.12. The number of aromatic nitrogens is 1. The maximum Gasteiger partial charge on any atom is 0.331 e. The van der Waals surface area contributed by atoms with Crippen molar-refractivity contribution in [3.63, 3.8) is 0 Å². The number of hydrogen-bond donors (Lipinski definition) is 1. The molecule has 0 atom stereocenters. The third-order valence-corrected chi connectivity index (χ3v) is 6.91. The molecule has 2 heterocycles. The molecule has 1 aliphatic carbocycles. The highest BCUT2D eigenvalue weighted by Crippen LogP contribution is 2.30. The molecule has 2 aromatic rings. The van der Waals surface area contributed by atoms with Crippen molar-refractivity contribution in [3.05, 3.63) is 40.0 Å². The van der Waals surface area contributed by atoms with Gasteiger partial charge in [0.15, 0.2) is 0 Å². The molecule has 0 radical (unpaired) electrons. The lowest BCUT2D eigenvalue weighted by atomic mass is 10.0. The second-order valence-corrected chi connectivity index (χ2v) is 9.29. The van der Waals surface area contributed by atoms with Gasteiger partial charge in [-0.15, -0.1) is 0 Å². The Balaban J connectivity index is 1.74. The van der Waals surface area contributed by atoms with Crippen molar-refractivity contribution in [3.8, 4) is 0 Å². The minimum absolute atomic E-state index is 0.0106. The molecule has 1 aromatic carbocycles. The van der Waals surface area contributed by atoms with E-state index in [9.17, 15) is 19.2 Å². The minimum atomic E-state index is -0.700. The summed E-state index contributed by atoms with van der Waals surface area (Å²) in [6, 6.07) is 4.84. The zero-order valence-electron chi connectivity index (χ0n) is 18.8. The van der Waals surface area contributed by atoms with Gasteiger partial charge in [-0.3, -0.25) is 24.6 Å². The van der Waals surface area contributed by atoms with Gasteiger partial charge in [-0.1, -0.05) is 28.8 Å². The minimum Gasteiger partial charge on any atom is -0.342 e. The zero-order chi connectivity index (χ0) is 23.7. The fourth-order valence-corrected chi connectivity index (χ4v) is 5.05. The molecule has 174 valence electrons. The smallest absolute Gasteiger partial charge is 0.331 e. The van der Waals surface area contributed by atoms with E-state index in [1.54, 1.807) is 11.1 Å². The molecule has 1 N–H and O–H groups in total. The van der Waals surface area contributed by atoms with E-state index in [1.165, 1.54) is 11.0 Å². The van der Waals surface area contributed by atoms with Crippen molar-refractivity contribution in [1.82, 2.24) is 19.7 Å². The fraction of sp³-hybridized carbons (Fsp3) is 0.417. The first-order chi connectivity index (χ1) is 15.8. The number of nitrogens with one attached hydrogen (secondary N) is 1. The van der Waals surface area contributed by atoms with Crippen LogP contribution in [0.15, 0.2) is 34.4 Å². The molecule has 1 aromatic heterocycles. The molecule has 1 saturated carbocycles. The number of barbiturate groups is 1. The summed E-state index contributed by atoms with van der Waals surface area (Å²) in [4.78, 5) is 53.9. The Hall–Kier alpha value is -2.94. The number of carbonyl (C=O) groups is 4. The van der Waals surface area contributed by atoms with Gasteiger partial charge in [0.25, 0.3) is 11.8 Å². The Kier molecular flexibility index (Phi) is 6.69. The zero-order valence-corrected chi connectivity index (χ0v) is 20.4. The molecule has 5 amide bonds. The highest BCUT2D eigenvalue weighted by Gasteiger charge is 2.40. The van der Waals surface area contributed by atoms with Crippen molar-refractivity contribution < 1.29 is 19.2 Å². The third kappa shape index (κ3) is 4.46. The van der Waals surface area contributed by atoms with Crippen LogP contribution in [0.3, 0.4) is 0 Å². The number of fused-ring (bicyclic) bond motifs is 1. The largest absolute Gasteiger partial charge is 0.342 e. The lowest BCUT2D eigenvalue weighted by Gasteiger charge is -2.31. The molecular formula is C24H27BrN4O4. The predicted octanol–water partition coefficient (Wildman–Crippen LogP) is 3.68. The Morgan fingerprint density at radius 2 is 1.88 bits per heavy atom. The number of likely N-dealkylation sites (N-methyl/N-ethyl adjacent to an activating group) is 1. The first-order valence-electron chi connectivity index (χ1n) is 11.3. The monoisotopic (exact) mass is 514 g/mol. The number of amides is 5. The average Bonchev–Trinajstić information content (AvgIpc) is 3.40. The summed E-state index contributed by atoms with van der Waals surface area (Å²) >= 11 is 3.48. The van der Waals surface area contributed by atoms with E-state index in [4.69, 9.17) is 0 Å². The van der Waals surface area contributed by atoms with Crippen LogP contribution in [0, 0.1) is 0 Å². The molecule has 0 spiro atoms. The SMILES string of the molecule is CCN(CC)C(=O)Cn1cc(/C=C2/C(=O)NC(=O)N(C3CCCC3)C2=O)c2cc(Br)ccc21. The molecule has 1 aliphatic heterocycles. The van der Waals surface area contributed by atoms with Crippen LogP contribution in [0.25, 0.3) is 17.0 Å². The van der Waals surface area contributed by atoms with Gasteiger partial charge in [-0.05, 0) is 51.0 Å². The van der Waals surface area contributed by atoms with Crippen LogP contribution in [-0.2, 0) is 20.9 Å². The highest BCUT2D eigenvalue weighted by molar-refractivity contribution is 9.10. The fourth-order valence-electron chi connectivity index (χ4n) is 4.69. The quantitative estimate of drug-likeness (QED) is 0.470. The van der Waals surface area contributed by atoms with Gasteiger partial charge in [0.2, 0.25) is 5.91 Å². The number of benzene rings is 1. The predicted molar refractivity (Wildman–Crippen MR) is 128 cm³/mol. The van der Waals surface area contributed by atoms with Crippen molar-refractivity contribution in [2.75, 3.05) is 13.1 Å². The summed E-state index contributed by atoms with van der Waals surface area (Å²) in [6.07, 6.45) is 6.72. The molecule has 0 bridgehead atoms. The van der Waals surface area contributed by atoms with Crippen LogP contribution in [0.1, 0.15) is 45.1 Å². The molecule has 1 saturated heterocycles. The summed E-state index contributed by atoms with van der Waals surface area (Å²) in [7, 11) is 0. The molecule has 0 unspecified atom stereocenters. The summed E-state index contributed by atoms with van der Waals surface area (Å²) < 4.78 is 2.67. The van der Waals surface area contributed by atoms with E-state index < -0.39 is 17.8 Å². The third-order valence-electron chi connectivity index (χ3n) is 6.42. The summed E-state index contributed by atoms with van der Waals surface area (Å²) in [5.74, 6) is -1.27. The second-order valence-electron chi connectivity index (χ2n) is 8.37. The molecule has 2 fully saturated rings. The van der Waals surface area contributed by atoms with Gasteiger partial charge in [-0.2, -0.15) is 0 Å². The maximum absolute atomic E-state index is 13.2. The van der Waals surface area contributed by atoms with Gasteiger partial charge in [0, 0.05) is 46.3 Å². The van der Waals surface area contributed by atoms with E-state index >= 15 is 0 Å². The number of hydrogen-bond acceptors (Lipinski definition) is 4. The van der Waals surface area contributed by atoms with E-state index in [1.807, 2.05) is 36.6 Å². The standard InChI is InChI=1S/C24H27BrN4O4/c1-3-27(4-2)21(30)14-28-13-15(18-12-16(25)9-10-20(18)28)11-19-22(31)26-24(33)29(23(19)32)17-7-5-6-8-17/h9-13,17H,3-8,14H2,1-2H3,(H,26,31,33)/b19-11-. The number of urea groups is 1. The molecule has 8 nitrogen and oxygen atoms in total. The van der Waals surface area contributed by atoms with Crippen LogP contribution in [0.5, 0.6) is 0 Å². The van der Waals surface area contributed by atoms with Gasteiger partial charge < -0.3 is 9.47 Å².